The molecule has 0 spiro atoms. The number of rotatable bonds is 33. The Balaban J connectivity index is 3.64. The van der Waals surface area contributed by atoms with Crippen LogP contribution in [0, 0.1) is 0 Å². The molecule has 264 valence electrons. The van der Waals surface area contributed by atoms with Gasteiger partial charge in [-0.1, -0.05) is 139 Å². The summed E-state index contributed by atoms with van der Waals surface area (Å²) in [5.41, 5.74) is 0. The second kappa shape index (κ2) is 37.1. The van der Waals surface area contributed by atoms with E-state index in [1.54, 1.807) is 0 Å². The van der Waals surface area contributed by atoms with Gasteiger partial charge in [-0.15, -0.1) is 0 Å². The molecule has 0 aliphatic heterocycles. The van der Waals surface area contributed by atoms with E-state index in [1.165, 1.54) is 64.2 Å². The molecule has 0 unspecified atom stereocenters. The first-order valence-corrected chi connectivity index (χ1v) is 18.8. The van der Waals surface area contributed by atoms with E-state index in [-0.39, 0.29) is 25.2 Å². The minimum absolute atomic E-state index is 0.0824. The van der Waals surface area contributed by atoms with E-state index < -0.39 is 6.10 Å². The smallest absolute Gasteiger partial charge is 0.306 e. The van der Waals surface area contributed by atoms with Crippen molar-refractivity contribution in [1.29, 1.82) is 0 Å². The number of aliphatic hydroxyl groups excluding tert-OH is 1. The maximum Gasteiger partial charge on any atom is 0.306 e. The van der Waals surface area contributed by atoms with E-state index in [0.29, 0.717) is 12.8 Å². The average Bonchev–Trinajstić information content (AvgIpc) is 3.06. The minimum Gasteiger partial charge on any atom is -0.462 e. The van der Waals surface area contributed by atoms with Gasteiger partial charge in [0, 0.05) is 12.8 Å². The highest BCUT2D eigenvalue weighted by molar-refractivity contribution is 5.70. The summed E-state index contributed by atoms with van der Waals surface area (Å²) in [5, 5.41) is 9.54. The number of hydrogen-bond donors (Lipinski definition) is 1. The molecule has 0 aromatic rings. The van der Waals surface area contributed by atoms with Crippen molar-refractivity contribution in [2.45, 2.75) is 174 Å². The van der Waals surface area contributed by atoms with Gasteiger partial charge < -0.3 is 14.6 Å². The summed E-state index contributed by atoms with van der Waals surface area (Å²) >= 11 is 0. The Labute approximate surface area is 283 Å². The van der Waals surface area contributed by atoms with Gasteiger partial charge in [0.05, 0.1) is 6.61 Å². The third kappa shape index (κ3) is 34.5. The Morgan fingerprint density at radius 3 is 1.43 bits per heavy atom. The van der Waals surface area contributed by atoms with Gasteiger partial charge in [-0.25, -0.2) is 0 Å². The van der Waals surface area contributed by atoms with Gasteiger partial charge >= 0.3 is 11.9 Å². The van der Waals surface area contributed by atoms with Crippen molar-refractivity contribution in [3.8, 4) is 0 Å². The summed E-state index contributed by atoms with van der Waals surface area (Å²) in [4.78, 5) is 24.2. The van der Waals surface area contributed by atoms with E-state index in [4.69, 9.17) is 9.47 Å². The fraction of sp³-hybridized carbons (Fsp3) is 0.707. The maximum absolute atomic E-state index is 12.1. The predicted molar refractivity (Wildman–Crippen MR) is 196 cm³/mol. The van der Waals surface area contributed by atoms with Crippen LogP contribution in [-0.4, -0.2) is 36.4 Å². The third-order valence-corrected chi connectivity index (χ3v) is 7.80. The molecule has 0 rings (SSSR count). The zero-order chi connectivity index (χ0) is 33.6. The fourth-order valence-electron chi connectivity index (χ4n) is 4.95. The number of ether oxygens (including phenoxy) is 2. The van der Waals surface area contributed by atoms with Gasteiger partial charge in [-0.3, -0.25) is 9.59 Å². The topological polar surface area (TPSA) is 72.8 Å². The summed E-state index contributed by atoms with van der Waals surface area (Å²) in [5.74, 6) is -0.628. The lowest BCUT2D eigenvalue weighted by Crippen LogP contribution is -2.28. The van der Waals surface area contributed by atoms with Gasteiger partial charge in [0.15, 0.2) is 6.10 Å². The van der Waals surface area contributed by atoms with E-state index in [9.17, 15) is 14.7 Å². The van der Waals surface area contributed by atoms with Crippen LogP contribution >= 0.6 is 0 Å². The maximum atomic E-state index is 12.1. The summed E-state index contributed by atoms with van der Waals surface area (Å²) in [7, 11) is 0. The normalized spacial score (nSPS) is 12.8. The van der Waals surface area contributed by atoms with Crippen LogP contribution in [0.25, 0.3) is 0 Å². The van der Waals surface area contributed by atoms with Gasteiger partial charge in [-0.2, -0.15) is 0 Å². The van der Waals surface area contributed by atoms with Crippen LogP contribution in [0.1, 0.15) is 168 Å². The van der Waals surface area contributed by atoms with Crippen molar-refractivity contribution < 1.29 is 24.2 Å². The number of hydrogen-bond acceptors (Lipinski definition) is 5. The van der Waals surface area contributed by atoms with Crippen LogP contribution < -0.4 is 0 Å². The molecule has 0 aromatic carbocycles. The van der Waals surface area contributed by atoms with Crippen molar-refractivity contribution in [1.82, 2.24) is 0 Å². The van der Waals surface area contributed by atoms with Crippen LogP contribution in [0.4, 0.5) is 0 Å². The van der Waals surface area contributed by atoms with E-state index in [2.05, 4.69) is 74.6 Å². The Bertz CT molecular complexity index is 823. The molecule has 1 atom stereocenters. The highest BCUT2D eigenvalue weighted by Crippen LogP contribution is 2.12. The number of carbonyl (C=O) groups excluding carboxylic acids is 2. The standard InChI is InChI=1S/C41H70O5/c1-3-5-7-9-11-13-15-17-19-20-22-23-25-27-29-31-33-35-40(43)45-38-39(37-42)46-41(44)36-34-32-30-28-26-24-21-18-16-14-12-10-8-6-4-2/h5,7,11,13-14,16-17,19,22-23,39,42H,3-4,6,8-10,12,15,18,20-21,24-38H2,1-2H3/t39-/m0/s1. The Kier molecular flexibility index (Phi) is 35.1. The second-order valence-corrected chi connectivity index (χ2v) is 12.3. The van der Waals surface area contributed by atoms with Gasteiger partial charge in [-0.05, 0) is 77.0 Å². The number of aliphatic hydroxyl groups is 1. The Morgan fingerprint density at radius 2 is 0.935 bits per heavy atom. The first-order chi connectivity index (χ1) is 22.6. The van der Waals surface area contributed by atoms with Crippen molar-refractivity contribution in [2.24, 2.45) is 0 Å². The lowest BCUT2D eigenvalue weighted by Gasteiger charge is -2.15. The highest BCUT2D eigenvalue weighted by atomic mass is 16.6. The van der Waals surface area contributed by atoms with Gasteiger partial charge in [0.25, 0.3) is 0 Å². The average molecular weight is 643 g/mol. The molecule has 0 bridgehead atoms. The molecule has 0 radical (unpaired) electrons. The molecule has 1 N–H and O–H groups in total. The van der Waals surface area contributed by atoms with E-state index >= 15 is 0 Å². The van der Waals surface area contributed by atoms with E-state index in [1.807, 2.05) is 0 Å². The Hall–Kier alpha value is -2.40. The predicted octanol–water partition coefficient (Wildman–Crippen LogP) is 11.6. The van der Waals surface area contributed by atoms with Crippen molar-refractivity contribution in [3.05, 3.63) is 60.8 Å². The molecular weight excluding hydrogens is 572 g/mol. The van der Waals surface area contributed by atoms with Crippen LogP contribution in [-0.2, 0) is 19.1 Å². The second-order valence-electron chi connectivity index (χ2n) is 12.3. The number of esters is 2. The summed E-state index contributed by atoms with van der Waals surface area (Å²) in [6, 6.07) is 0. The van der Waals surface area contributed by atoms with Crippen LogP contribution in [0.15, 0.2) is 60.8 Å². The molecule has 0 saturated carbocycles. The summed E-state index contributed by atoms with van der Waals surface area (Å²) in [6.45, 7) is 3.97. The molecule has 0 amide bonds. The lowest BCUT2D eigenvalue weighted by molar-refractivity contribution is -0.161. The van der Waals surface area contributed by atoms with Crippen LogP contribution in [0.5, 0.6) is 0 Å². The molecule has 0 heterocycles. The van der Waals surface area contributed by atoms with Crippen molar-refractivity contribution >= 4 is 11.9 Å². The number of allylic oxidation sites excluding steroid dienone is 10. The van der Waals surface area contributed by atoms with Crippen LogP contribution in [0.2, 0.25) is 0 Å². The van der Waals surface area contributed by atoms with E-state index in [0.717, 1.165) is 77.0 Å². The quantitative estimate of drug-likeness (QED) is 0.0438. The van der Waals surface area contributed by atoms with Crippen molar-refractivity contribution in [2.75, 3.05) is 13.2 Å². The molecule has 0 aromatic heterocycles. The first kappa shape index (κ1) is 43.6. The molecule has 46 heavy (non-hydrogen) atoms. The highest BCUT2D eigenvalue weighted by Gasteiger charge is 2.16. The van der Waals surface area contributed by atoms with Crippen LogP contribution in [0.3, 0.4) is 0 Å². The summed E-state index contributed by atoms with van der Waals surface area (Å²) < 4.78 is 10.6. The van der Waals surface area contributed by atoms with Gasteiger partial charge in [0.1, 0.15) is 6.61 Å². The lowest BCUT2D eigenvalue weighted by atomic mass is 10.1. The molecule has 5 heteroatoms. The monoisotopic (exact) mass is 643 g/mol. The molecular formula is C41H70O5. The molecule has 5 nitrogen and oxygen atoms in total. The Morgan fingerprint density at radius 1 is 0.522 bits per heavy atom. The third-order valence-electron chi connectivity index (χ3n) is 7.80. The molecule has 0 aliphatic rings. The summed E-state index contributed by atoms with van der Waals surface area (Å²) in [6.07, 6.45) is 47.0. The van der Waals surface area contributed by atoms with Gasteiger partial charge in [0.2, 0.25) is 0 Å². The fourth-order valence-corrected chi connectivity index (χ4v) is 4.95. The molecule has 0 fully saturated rings. The van der Waals surface area contributed by atoms with Crippen molar-refractivity contribution in [3.63, 3.8) is 0 Å². The number of carbonyl (C=O) groups is 2. The largest absolute Gasteiger partial charge is 0.462 e. The zero-order valence-electron chi connectivity index (χ0n) is 29.8. The number of unbranched alkanes of at least 4 members (excludes halogenated alkanes) is 15. The SMILES string of the molecule is CCC=CCC=CCC=CCC=CCCCCCCC(=O)OC[C@H](CO)OC(=O)CCCCCCCCCC=CCCCCCC. The molecule has 0 aliphatic carbocycles. The first-order valence-electron chi connectivity index (χ1n) is 18.8. The molecule has 0 saturated heterocycles. The minimum atomic E-state index is -0.784. The zero-order valence-corrected chi connectivity index (χ0v) is 29.8.